The second-order valence-electron chi connectivity index (χ2n) is 5.51. The molecule has 0 saturated carbocycles. The van der Waals surface area contributed by atoms with Crippen LogP contribution in [-0.2, 0) is 18.6 Å². The Balaban J connectivity index is 0. The Morgan fingerprint density at radius 3 is 1.17 bits per heavy atom. The molecule has 0 N–H and O–H groups in total. The molecule has 0 aliphatic heterocycles. The van der Waals surface area contributed by atoms with Crippen molar-refractivity contribution in [2.24, 2.45) is 0 Å². The van der Waals surface area contributed by atoms with Gasteiger partial charge in [0.05, 0.1) is 0 Å². The Morgan fingerprint density at radius 2 is 1.00 bits per heavy atom. The van der Waals surface area contributed by atoms with Crippen molar-refractivity contribution in [3.8, 4) is 0 Å². The van der Waals surface area contributed by atoms with Crippen LogP contribution in [-0.4, -0.2) is 12.0 Å². The van der Waals surface area contributed by atoms with E-state index in [-0.39, 0.29) is 18.6 Å². The summed E-state index contributed by atoms with van der Waals surface area (Å²) in [6, 6.07) is 32.3. The third-order valence-corrected chi connectivity index (χ3v) is 8.77. The van der Waals surface area contributed by atoms with E-state index < -0.39 is 7.92 Å². The Bertz CT molecular complexity index is 602. The van der Waals surface area contributed by atoms with Crippen LogP contribution in [0.3, 0.4) is 0 Å². The monoisotopic (exact) mass is 671 g/mol. The average Bonchev–Trinajstić information content (AvgIpc) is 2.83. The molecule has 6 heteroatoms. The number of alkyl halides is 1. The summed E-state index contributed by atoms with van der Waals surface area (Å²) in [5, 5.41) is 4.19. The van der Waals surface area contributed by atoms with Crippen molar-refractivity contribution in [2.45, 2.75) is 20.3 Å². The van der Waals surface area contributed by atoms with Crippen LogP contribution in [0.1, 0.15) is 20.3 Å². The molecule has 0 aliphatic rings. The standard InChI is InChI=1S/C18H15P.C3H6I.C2H8P2.CH3Br.V/c1-4-10-16(11-5-1)19(17-12-6-2-7-13-17)18-14-8-3-9-15-18;1-2-3-4;1-2-4-3;1-2;/h1-15H;3H,2H2,1H3;4H,2-3H2,1H3;1H3;/q;-1;;;/p+1. The van der Waals surface area contributed by atoms with Crippen LogP contribution in [0.25, 0.3) is 0 Å². The van der Waals surface area contributed by atoms with Crippen LogP contribution < -0.4 is 15.9 Å². The van der Waals surface area contributed by atoms with Gasteiger partial charge in [-0.05, 0) is 44.8 Å². The van der Waals surface area contributed by atoms with E-state index in [9.17, 15) is 0 Å². The van der Waals surface area contributed by atoms with Gasteiger partial charge in [-0.15, -0.1) is 0 Å². The Hall–Kier alpha value is 0.744. The first kappa shape index (κ1) is 32.9. The molecule has 163 valence electrons. The SMILES string of the molecule is CBr.CCP[PH3+].CC[CH-]I.[V].c1ccc(P(c2ccccc2)c2ccccc2)cc1. The maximum absolute atomic E-state index is 2.94. The van der Waals surface area contributed by atoms with Crippen LogP contribution in [0.5, 0.6) is 0 Å². The molecule has 0 fully saturated rings. The first-order chi connectivity index (χ1) is 14.3. The van der Waals surface area contributed by atoms with Crippen molar-refractivity contribution >= 4 is 79.6 Å². The molecule has 1 radical (unpaired) electrons. The molecular weight excluding hydrogens is 639 g/mol. The molecule has 2 unspecified atom stereocenters. The molecule has 3 aromatic rings. The third kappa shape index (κ3) is 14.7. The van der Waals surface area contributed by atoms with E-state index in [1.54, 1.807) is 0 Å². The molecular formula is C24H33BrIP3V. The summed E-state index contributed by atoms with van der Waals surface area (Å²) in [6.45, 7) is 4.32. The minimum absolute atomic E-state index is 0. The predicted molar refractivity (Wildman–Crippen MR) is 159 cm³/mol. The summed E-state index contributed by atoms with van der Waals surface area (Å²) >= 11 is 5.16. The fourth-order valence-corrected chi connectivity index (χ4v) is 4.48. The topological polar surface area (TPSA) is 0 Å². The van der Waals surface area contributed by atoms with E-state index in [4.69, 9.17) is 0 Å². The summed E-state index contributed by atoms with van der Waals surface area (Å²) in [6.07, 6.45) is 2.54. The minimum atomic E-state index is -0.446. The molecule has 3 aromatic carbocycles. The second kappa shape index (κ2) is 24.4. The normalized spacial score (nSPS) is 9.40. The molecule has 30 heavy (non-hydrogen) atoms. The smallest absolute Gasteiger partial charge is 0.0338 e. The molecule has 0 amide bonds. The van der Waals surface area contributed by atoms with Gasteiger partial charge in [0.1, 0.15) is 0 Å². The summed E-state index contributed by atoms with van der Waals surface area (Å²) < 4.78 is 2.09. The van der Waals surface area contributed by atoms with Crippen molar-refractivity contribution < 1.29 is 18.6 Å². The van der Waals surface area contributed by atoms with Gasteiger partial charge in [0.15, 0.2) is 0 Å². The molecule has 3 rings (SSSR count). The van der Waals surface area contributed by atoms with Gasteiger partial charge in [0.2, 0.25) is 0 Å². The van der Waals surface area contributed by atoms with E-state index in [0.717, 1.165) is 0 Å². The molecule has 2 atom stereocenters. The molecule has 0 saturated heterocycles. The van der Waals surface area contributed by atoms with Gasteiger partial charge in [-0.3, -0.25) is 4.43 Å². The van der Waals surface area contributed by atoms with Gasteiger partial charge in [-0.1, -0.05) is 121 Å². The largest absolute Gasteiger partial charge is 0.316 e. The van der Waals surface area contributed by atoms with E-state index in [1.807, 2.05) is 5.83 Å². The van der Waals surface area contributed by atoms with Gasteiger partial charge in [0.25, 0.3) is 0 Å². The van der Waals surface area contributed by atoms with Crippen molar-refractivity contribution in [1.82, 2.24) is 0 Å². The zero-order valence-corrected chi connectivity index (χ0v) is 26.5. The first-order valence-electron chi connectivity index (χ1n) is 9.53. The first-order valence-corrected chi connectivity index (χ1v) is 17.2. The van der Waals surface area contributed by atoms with E-state index in [2.05, 4.69) is 157 Å². The van der Waals surface area contributed by atoms with Crippen LogP contribution in [0.2, 0.25) is 0 Å². The predicted octanol–water partition coefficient (Wildman–Crippen LogP) is 7.65. The molecule has 0 aromatic heterocycles. The quantitative estimate of drug-likeness (QED) is 0.113. The molecule has 0 aliphatic carbocycles. The van der Waals surface area contributed by atoms with Crippen LogP contribution in [0.4, 0.5) is 0 Å². The van der Waals surface area contributed by atoms with Gasteiger partial charge in [-0.2, -0.15) is 6.42 Å². The van der Waals surface area contributed by atoms with Crippen LogP contribution in [0, 0.1) is 4.43 Å². The second-order valence-corrected chi connectivity index (χ2v) is 11.3. The van der Waals surface area contributed by atoms with E-state index >= 15 is 0 Å². The third-order valence-electron chi connectivity index (χ3n) is 3.45. The van der Waals surface area contributed by atoms with Gasteiger partial charge in [0, 0.05) is 26.8 Å². The molecule has 0 heterocycles. The van der Waals surface area contributed by atoms with Crippen molar-refractivity contribution in [3.63, 3.8) is 0 Å². The summed E-state index contributed by atoms with van der Waals surface area (Å²) in [7, 11) is 2.77. The zero-order valence-electron chi connectivity index (χ0n) is 18.0. The summed E-state index contributed by atoms with van der Waals surface area (Å²) in [5.41, 5.74) is 0. The summed E-state index contributed by atoms with van der Waals surface area (Å²) in [5.74, 6) is 1.81. The number of benzene rings is 3. The Labute approximate surface area is 224 Å². The maximum atomic E-state index is 2.94. The van der Waals surface area contributed by atoms with E-state index in [1.165, 1.54) is 36.8 Å². The van der Waals surface area contributed by atoms with Crippen molar-refractivity contribution in [1.29, 1.82) is 0 Å². The fourth-order valence-electron chi connectivity index (χ4n) is 2.18. The van der Waals surface area contributed by atoms with Crippen molar-refractivity contribution in [3.05, 3.63) is 95.4 Å². The zero-order chi connectivity index (χ0) is 21.7. The molecule has 0 bridgehead atoms. The average molecular weight is 672 g/mol. The molecule has 0 spiro atoms. The van der Waals surface area contributed by atoms with Gasteiger partial charge >= 0.3 is 0 Å². The van der Waals surface area contributed by atoms with Gasteiger partial charge < -0.3 is 22.6 Å². The summed E-state index contributed by atoms with van der Waals surface area (Å²) in [4.78, 5) is 0. The fraction of sp³-hybridized carbons (Fsp3) is 0.208. The molecule has 0 nitrogen and oxygen atoms in total. The minimum Gasteiger partial charge on any atom is -0.316 e. The van der Waals surface area contributed by atoms with Crippen LogP contribution in [0.15, 0.2) is 91.0 Å². The number of hydrogen-bond acceptors (Lipinski definition) is 0. The Morgan fingerprint density at radius 1 is 0.767 bits per heavy atom. The van der Waals surface area contributed by atoms with Crippen LogP contribution >= 0.6 is 63.6 Å². The maximum Gasteiger partial charge on any atom is 0.0338 e. The van der Waals surface area contributed by atoms with Crippen molar-refractivity contribution in [2.75, 3.05) is 12.0 Å². The number of rotatable bonds is 5. The van der Waals surface area contributed by atoms with E-state index in [0.29, 0.717) is 0 Å². The van der Waals surface area contributed by atoms with Gasteiger partial charge in [-0.25, -0.2) is 0 Å². The number of halogens is 2. The number of hydrogen-bond donors (Lipinski definition) is 0. The Kier molecular flexibility index (Phi) is 26.8.